The fourth-order valence-electron chi connectivity index (χ4n) is 1.52. The largest absolute Gasteiger partial charge is 0.512 e. The molecule has 1 heterocycles. The van der Waals surface area contributed by atoms with Gasteiger partial charge in [0.15, 0.2) is 5.78 Å². The van der Waals surface area contributed by atoms with Crippen LogP contribution in [-0.2, 0) is 9.59 Å². The maximum Gasteiger partial charge on any atom is 0.230 e. The molecule has 1 rings (SSSR count). The van der Waals surface area contributed by atoms with Gasteiger partial charge in [0.05, 0.1) is 6.42 Å². The SMILES string of the molecule is CC(=O)/C=C(\O)CC(=O)N1CCCC1. The molecule has 1 aliphatic heterocycles. The van der Waals surface area contributed by atoms with Gasteiger partial charge >= 0.3 is 0 Å². The highest BCUT2D eigenvalue weighted by atomic mass is 16.3. The van der Waals surface area contributed by atoms with E-state index in [0.29, 0.717) is 0 Å². The number of likely N-dealkylation sites (tertiary alicyclic amines) is 1. The average Bonchev–Trinajstić information content (AvgIpc) is 2.53. The second-order valence-electron chi connectivity index (χ2n) is 3.51. The van der Waals surface area contributed by atoms with Crippen LogP contribution < -0.4 is 0 Å². The minimum absolute atomic E-state index is 0.0560. The Hall–Kier alpha value is -1.32. The third kappa shape index (κ3) is 3.20. The Bertz CT molecular complexity index is 265. The van der Waals surface area contributed by atoms with Gasteiger partial charge in [-0.15, -0.1) is 0 Å². The summed E-state index contributed by atoms with van der Waals surface area (Å²) in [6.45, 7) is 2.88. The first-order valence-corrected chi connectivity index (χ1v) is 4.77. The molecule has 0 aromatic rings. The molecule has 0 saturated carbocycles. The number of allylic oxidation sites excluding steroid dienone is 1. The Kier molecular flexibility index (Phi) is 3.68. The van der Waals surface area contributed by atoms with Crippen molar-refractivity contribution in [1.29, 1.82) is 0 Å². The molecule has 1 fully saturated rings. The Morgan fingerprint density at radius 2 is 1.93 bits per heavy atom. The summed E-state index contributed by atoms with van der Waals surface area (Å²) < 4.78 is 0. The van der Waals surface area contributed by atoms with Crippen LogP contribution in [0.25, 0.3) is 0 Å². The molecule has 4 nitrogen and oxygen atoms in total. The van der Waals surface area contributed by atoms with Crippen molar-refractivity contribution >= 4 is 11.7 Å². The summed E-state index contributed by atoms with van der Waals surface area (Å²) in [5, 5.41) is 9.24. The maximum atomic E-state index is 11.5. The van der Waals surface area contributed by atoms with E-state index in [-0.39, 0.29) is 23.9 Å². The number of ketones is 1. The van der Waals surface area contributed by atoms with Crippen molar-refractivity contribution in [3.05, 3.63) is 11.8 Å². The highest BCUT2D eigenvalue weighted by molar-refractivity contribution is 5.89. The zero-order chi connectivity index (χ0) is 10.6. The van der Waals surface area contributed by atoms with Gasteiger partial charge in [-0.05, 0) is 19.8 Å². The van der Waals surface area contributed by atoms with E-state index in [0.717, 1.165) is 32.0 Å². The van der Waals surface area contributed by atoms with Crippen molar-refractivity contribution in [3.8, 4) is 0 Å². The van der Waals surface area contributed by atoms with E-state index < -0.39 is 0 Å². The average molecular weight is 197 g/mol. The van der Waals surface area contributed by atoms with Crippen molar-refractivity contribution in [2.45, 2.75) is 26.2 Å². The van der Waals surface area contributed by atoms with Crippen LogP contribution in [0, 0.1) is 0 Å². The molecule has 0 atom stereocenters. The second-order valence-corrected chi connectivity index (χ2v) is 3.51. The predicted octanol–water partition coefficient (Wildman–Crippen LogP) is 1.03. The summed E-state index contributed by atoms with van der Waals surface area (Å²) in [7, 11) is 0. The van der Waals surface area contributed by atoms with Crippen molar-refractivity contribution in [2.24, 2.45) is 0 Å². The quantitative estimate of drug-likeness (QED) is 0.543. The first-order valence-electron chi connectivity index (χ1n) is 4.77. The summed E-state index contributed by atoms with van der Waals surface area (Å²) in [4.78, 5) is 23.8. The van der Waals surface area contributed by atoms with Gasteiger partial charge in [0, 0.05) is 19.2 Å². The minimum Gasteiger partial charge on any atom is -0.512 e. The lowest BCUT2D eigenvalue weighted by atomic mass is 10.2. The summed E-state index contributed by atoms with van der Waals surface area (Å²) in [5.41, 5.74) is 0. The van der Waals surface area contributed by atoms with E-state index in [1.807, 2.05) is 0 Å². The van der Waals surface area contributed by atoms with Gasteiger partial charge in [-0.3, -0.25) is 9.59 Å². The van der Waals surface area contributed by atoms with Gasteiger partial charge in [-0.2, -0.15) is 0 Å². The Morgan fingerprint density at radius 1 is 1.36 bits per heavy atom. The molecule has 14 heavy (non-hydrogen) atoms. The molecule has 0 aromatic carbocycles. The maximum absolute atomic E-state index is 11.5. The summed E-state index contributed by atoms with van der Waals surface area (Å²) >= 11 is 0. The fraction of sp³-hybridized carbons (Fsp3) is 0.600. The van der Waals surface area contributed by atoms with Crippen molar-refractivity contribution in [3.63, 3.8) is 0 Å². The van der Waals surface area contributed by atoms with Crippen LogP contribution in [0.15, 0.2) is 11.8 Å². The molecule has 1 aliphatic rings. The molecular weight excluding hydrogens is 182 g/mol. The van der Waals surface area contributed by atoms with Gasteiger partial charge in [0.2, 0.25) is 5.91 Å². The van der Waals surface area contributed by atoms with Gasteiger partial charge < -0.3 is 10.0 Å². The summed E-state index contributed by atoms with van der Waals surface area (Å²) in [5.74, 6) is -0.483. The van der Waals surface area contributed by atoms with E-state index in [4.69, 9.17) is 0 Å². The summed E-state index contributed by atoms with van der Waals surface area (Å²) in [6.07, 6.45) is 3.10. The van der Waals surface area contributed by atoms with Gasteiger partial charge in [-0.1, -0.05) is 0 Å². The standard InChI is InChI=1S/C10H15NO3/c1-8(12)6-9(13)7-10(14)11-4-2-3-5-11/h6,13H,2-5,7H2,1H3/b9-6-. The van der Waals surface area contributed by atoms with Crippen LogP contribution in [0.3, 0.4) is 0 Å². The number of nitrogens with zero attached hydrogens (tertiary/aromatic N) is 1. The molecule has 4 heteroatoms. The van der Waals surface area contributed by atoms with Gasteiger partial charge in [-0.25, -0.2) is 0 Å². The first kappa shape index (κ1) is 10.8. The molecule has 1 N–H and O–H groups in total. The van der Waals surface area contributed by atoms with Crippen molar-refractivity contribution in [2.75, 3.05) is 13.1 Å². The molecule has 0 unspecified atom stereocenters. The van der Waals surface area contributed by atoms with Crippen LogP contribution in [0.2, 0.25) is 0 Å². The molecule has 0 radical (unpaired) electrons. The third-order valence-electron chi connectivity index (χ3n) is 2.16. The van der Waals surface area contributed by atoms with Crippen molar-refractivity contribution in [1.82, 2.24) is 4.90 Å². The number of carbonyl (C=O) groups is 2. The molecule has 1 amide bonds. The second kappa shape index (κ2) is 4.79. The van der Waals surface area contributed by atoms with E-state index in [1.165, 1.54) is 6.92 Å². The number of hydrogen-bond acceptors (Lipinski definition) is 3. The van der Waals surface area contributed by atoms with Gasteiger partial charge in [0.25, 0.3) is 0 Å². The highest BCUT2D eigenvalue weighted by Crippen LogP contribution is 2.10. The van der Waals surface area contributed by atoms with Crippen LogP contribution in [-0.4, -0.2) is 34.8 Å². The Labute approximate surface area is 83.2 Å². The molecule has 0 aromatic heterocycles. The van der Waals surface area contributed by atoms with E-state index >= 15 is 0 Å². The minimum atomic E-state index is -0.239. The lowest BCUT2D eigenvalue weighted by molar-refractivity contribution is -0.129. The van der Waals surface area contributed by atoms with Crippen LogP contribution in [0.5, 0.6) is 0 Å². The van der Waals surface area contributed by atoms with E-state index in [2.05, 4.69) is 0 Å². The highest BCUT2D eigenvalue weighted by Gasteiger charge is 2.18. The lowest BCUT2D eigenvalue weighted by Gasteiger charge is -2.14. The fourth-order valence-corrected chi connectivity index (χ4v) is 1.52. The molecular formula is C10H15NO3. The molecule has 0 spiro atoms. The number of rotatable bonds is 3. The topological polar surface area (TPSA) is 57.6 Å². The molecule has 1 saturated heterocycles. The zero-order valence-electron chi connectivity index (χ0n) is 8.32. The number of carbonyl (C=O) groups excluding carboxylic acids is 2. The molecule has 0 bridgehead atoms. The van der Waals surface area contributed by atoms with E-state index in [9.17, 15) is 14.7 Å². The normalized spacial score (nSPS) is 17.2. The monoisotopic (exact) mass is 197 g/mol. The Morgan fingerprint density at radius 3 is 2.43 bits per heavy atom. The number of amides is 1. The predicted molar refractivity (Wildman–Crippen MR) is 51.8 cm³/mol. The van der Waals surface area contributed by atoms with Crippen LogP contribution in [0.1, 0.15) is 26.2 Å². The van der Waals surface area contributed by atoms with Crippen LogP contribution in [0.4, 0.5) is 0 Å². The molecule has 78 valence electrons. The summed E-state index contributed by atoms with van der Waals surface area (Å²) in [6, 6.07) is 0. The van der Waals surface area contributed by atoms with E-state index in [1.54, 1.807) is 4.90 Å². The smallest absolute Gasteiger partial charge is 0.230 e. The molecule has 0 aliphatic carbocycles. The third-order valence-corrected chi connectivity index (χ3v) is 2.16. The first-order chi connectivity index (χ1) is 6.59. The van der Waals surface area contributed by atoms with Crippen LogP contribution >= 0.6 is 0 Å². The number of aliphatic hydroxyl groups is 1. The number of aliphatic hydroxyl groups excluding tert-OH is 1. The van der Waals surface area contributed by atoms with Crippen molar-refractivity contribution < 1.29 is 14.7 Å². The Balaban J connectivity index is 2.43. The van der Waals surface area contributed by atoms with Gasteiger partial charge in [0.1, 0.15) is 5.76 Å². The lowest BCUT2D eigenvalue weighted by Crippen LogP contribution is -2.27. The number of hydrogen-bond donors (Lipinski definition) is 1. The zero-order valence-corrected chi connectivity index (χ0v) is 8.32.